The average molecular weight is 234 g/mol. The molecule has 0 spiro atoms. The second-order valence-electron chi connectivity index (χ2n) is 4.17. The summed E-state index contributed by atoms with van der Waals surface area (Å²) in [6, 6.07) is 0. The van der Waals surface area contributed by atoms with E-state index in [1.807, 2.05) is 0 Å². The van der Waals surface area contributed by atoms with Gasteiger partial charge in [-0.25, -0.2) is 0 Å². The van der Waals surface area contributed by atoms with Crippen LogP contribution in [0.4, 0.5) is 0 Å². The summed E-state index contributed by atoms with van der Waals surface area (Å²) in [5, 5.41) is 17.8. The summed E-state index contributed by atoms with van der Waals surface area (Å²) < 4.78 is 21.6. The van der Waals surface area contributed by atoms with Gasteiger partial charge in [0.25, 0.3) is 0 Å². The molecule has 6 nitrogen and oxygen atoms in total. The van der Waals surface area contributed by atoms with Gasteiger partial charge in [-0.1, -0.05) is 0 Å². The number of hydrogen-bond donors (Lipinski definition) is 2. The normalized spacial score (nSPS) is 40.9. The molecule has 2 rings (SSSR count). The Morgan fingerprint density at radius 1 is 0.688 bits per heavy atom. The van der Waals surface area contributed by atoms with Gasteiger partial charge in [-0.05, 0) is 0 Å². The maximum Gasteiger partial charge on any atom is 0.209 e. The van der Waals surface area contributed by atoms with Gasteiger partial charge in [-0.2, -0.15) is 0 Å². The fourth-order valence-corrected chi connectivity index (χ4v) is 1.64. The van der Waals surface area contributed by atoms with Crippen LogP contribution in [0.25, 0.3) is 0 Å². The standard InChI is InChI=1S/C10H18O6/c11-1-7-3-13-9(14-4-7)10-15-5-8(2-12)6-16-10/h7-12H,1-6H2. The third-order valence-electron chi connectivity index (χ3n) is 2.72. The highest BCUT2D eigenvalue weighted by Gasteiger charge is 2.33. The number of aliphatic hydroxyl groups is 2. The molecule has 2 aliphatic heterocycles. The summed E-state index contributed by atoms with van der Waals surface area (Å²) in [6.45, 7) is 1.93. The minimum atomic E-state index is -0.526. The highest BCUT2D eigenvalue weighted by Crippen LogP contribution is 2.20. The van der Waals surface area contributed by atoms with E-state index in [-0.39, 0.29) is 25.0 Å². The lowest BCUT2D eigenvalue weighted by Crippen LogP contribution is -2.47. The van der Waals surface area contributed by atoms with Gasteiger partial charge in [0.2, 0.25) is 12.6 Å². The fourth-order valence-electron chi connectivity index (χ4n) is 1.64. The minimum absolute atomic E-state index is 0.0324. The van der Waals surface area contributed by atoms with E-state index in [1.54, 1.807) is 0 Å². The molecule has 0 amide bonds. The van der Waals surface area contributed by atoms with Crippen molar-refractivity contribution in [3.8, 4) is 0 Å². The van der Waals surface area contributed by atoms with E-state index in [0.717, 1.165) is 0 Å². The molecule has 2 fully saturated rings. The average Bonchev–Trinajstić information content (AvgIpc) is 2.39. The Labute approximate surface area is 94.1 Å². The molecule has 6 heteroatoms. The minimum Gasteiger partial charge on any atom is -0.396 e. The van der Waals surface area contributed by atoms with E-state index in [0.29, 0.717) is 26.4 Å². The summed E-state index contributed by atoms with van der Waals surface area (Å²) in [5.74, 6) is 0.0649. The van der Waals surface area contributed by atoms with Gasteiger partial charge in [-0.15, -0.1) is 0 Å². The molecule has 0 bridgehead atoms. The van der Waals surface area contributed by atoms with E-state index in [4.69, 9.17) is 29.2 Å². The van der Waals surface area contributed by atoms with Crippen molar-refractivity contribution in [3.05, 3.63) is 0 Å². The molecule has 0 aromatic rings. The van der Waals surface area contributed by atoms with E-state index in [9.17, 15) is 0 Å². The summed E-state index contributed by atoms with van der Waals surface area (Å²) in [5.41, 5.74) is 0. The first-order valence-electron chi connectivity index (χ1n) is 5.51. The maximum absolute atomic E-state index is 8.90. The summed E-state index contributed by atoms with van der Waals surface area (Å²) >= 11 is 0. The number of aliphatic hydroxyl groups excluding tert-OH is 2. The van der Waals surface area contributed by atoms with Gasteiger partial charge in [0.1, 0.15) is 0 Å². The van der Waals surface area contributed by atoms with Gasteiger partial charge in [0, 0.05) is 11.8 Å². The Bertz CT molecular complexity index is 173. The van der Waals surface area contributed by atoms with Crippen molar-refractivity contribution < 1.29 is 29.2 Å². The molecule has 0 saturated carbocycles. The molecule has 2 N–H and O–H groups in total. The topological polar surface area (TPSA) is 77.4 Å². The smallest absolute Gasteiger partial charge is 0.209 e. The predicted molar refractivity (Wildman–Crippen MR) is 52.5 cm³/mol. The molecule has 0 aliphatic carbocycles. The van der Waals surface area contributed by atoms with Crippen molar-refractivity contribution in [3.63, 3.8) is 0 Å². The highest BCUT2D eigenvalue weighted by atomic mass is 16.8. The largest absolute Gasteiger partial charge is 0.396 e. The first-order valence-corrected chi connectivity index (χ1v) is 5.51. The van der Waals surface area contributed by atoms with E-state index >= 15 is 0 Å². The summed E-state index contributed by atoms with van der Waals surface area (Å²) in [6.07, 6.45) is -1.05. The molecule has 2 heterocycles. The van der Waals surface area contributed by atoms with Crippen LogP contribution < -0.4 is 0 Å². The van der Waals surface area contributed by atoms with Gasteiger partial charge >= 0.3 is 0 Å². The molecule has 0 aromatic heterocycles. The Balaban J connectivity index is 1.73. The van der Waals surface area contributed by atoms with Crippen molar-refractivity contribution in [1.82, 2.24) is 0 Å². The van der Waals surface area contributed by atoms with Crippen molar-refractivity contribution in [1.29, 1.82) is 0 Å². The van der Waals surface area contributed by atoms with Crippen LogP contribution in [0, 0.1) is 11.8 Å². The molecular weight excluding hydrogens is 216 g/mol. The van der Waals surface area contributed by atoms with Crippen LogP contribution in [0.1, 0.15) is 0 Å². The van der Waals surface area contributed by atoms with Crippen LogP contribution in [-0.4, -0.2) is 62.4 Å². The molecule has 0 atom stereocenters. The predicted octanol–water partition coefficient (Wildman–Crippen LogP) is -1.05. The first kappa shape index (κ1) is 12.2. The van der Waals surface area contributed by atoms with E-state index in [2.05, 4.69) is 0 Å². The molecule has 0 unspecified atom stereocenters. The quantitative estimate of drug-likeness (QED) is 0.649. The van der Waals surface area contributed by atoms with Gasteiger partial charge in [0.15, 0.2) is 0 Å². The third kappa shape index (κ3) is 2.91. The van der Waals surface area contributed by atoms with Crippen LogP contribution in [0.5, 0.6) is 0 Å². The Hall–Kier alpha value is -0.240. The molecule has 94 valence electrons. The third-order valence-corrected chi connectivity index (χ3v) is 2.72. The van der Waals surface area contributed by atoms with Crippen molar-refractivity contribution in [2.45, 2.75) is 12.6 Å². The fraction of sp³-hybridized carbons (Fsp3) is 1.00. The molecule has 0 aromatic carbocycles. The number of hydrogen-bond acceptors (Lipinski definition) is 6. The molecule has 0 radical (unpaired) electrons. The monoisotopic (exact) mass is 234 g/mol. The second kappa shape index (κ2) is 5.90. The van der Waals surface area contributed by atoms with Crippen LogP contribution in [0.2, 0.25) is 0 Å². The lowest BCUT2D eigenvalue weighted by molar-refractivity contribution is -0.332. The number of ether oxygens (including phenoxy) is 4. The lowest BCUT2D eigenvalue weighted by atomic mass is 10.2. The highest BCUT2D eigenvalue weighted by molar-refractivity contribution is 4.68. The second-order valence-corrected chi connectivity index (χ2v) is 4.17. The van der Waals surface area contributed by atoms with E-state index < -0.39 is 12.6 Å². The van der Waals surface area contributed by atoms with Crippen LogP contribution in [-0.2, 0) is 18.9 Å². The molecular formula is C10H18O6. The SMILES string of the molecule is OCC1COC(C2OCC(CO)CO2)OC1. The zero-order chi connectivity index (χ0) is 11.4. The maximum atomic E-state index is 8.90. The van der Waals surface area contributed by atoms with Crippen LogP contribution >= 0.6 is 0 Å². The van der Waals surface area contributed by atoms with Crippen molar-refractivity contribution in [2.24, 2.45) is 11.8 Å². The van der Waals surface area contributed by atoms with Gasteiger partial charge in [0.05, 0.1) is 39.6 Å². The number of rotatable bonds is 3. The Morgan fingerprint density at radius 2 is 1.00 bits per heavy atom. The first-order chi connectivity index (χ1) is 7.83. The molecule has 2 saturated heterocycles. The lowest BCUT2D eigenvalue weighted by Gasteiger charge is -2.36. The van der Waals surface area contributed by atoms with E-state index in [1.165, 1.54) is 0 Å². The van der Waals surface area contributed by atoms with Crippen LogP contribution in [0.15, 0.2) is 0 Å². The van der Waals surface area contributed by atoms with Crippen LogP contribution in [0.3, 0.4) is 0 Å². The summed E-state index contributed by atoms with van der Waals surface area (Å²) in [7, 11) is 0. The summed E-state index contributed by atoms with van der Waals surface area (Å²) in [4.78, 5) is 0. The van der Waals surface area contributed by atoms with Crippen molar-refractivity contribution >= 4 is 0 Å². The zero-order valence-electron chi connectivity index (χ0n) is 9.08. The Morgan fingerprint density at radius 3 is 1.25 bits per heavy atom. The zero-order valence-corrected chi connectivity index (χ0v) is 9.08. The molecule has 2 aliphatic rings. The van der Waals surface area contributed by atoms with Gasteiger partial charge < -0.3 is 29.2 Å². The molecule has 16 heavy (non-hydrogen) atoms. The van der Waals surface area contributed by atoms with Crippen molar-refractivity contribution in [2.75, 3.05) is 39.6 Å². The van der Waals surface area contributed by atoms with Gasteiger partial charge in [-0.3, -0.25) is 0 Å². The Kier molecular flexibility index (Phi) is 4.51.